The number of sulfonamides is 1. The van der Waals surface area contributed by atoms with Crippen LogP contribution in [0.5, 0.6) is 5.75 Å². The maximum absolute atomic E-state index is 13.4. The number of aryl methyl sites for hydroxylation is 1. The number of carbonyl (C=O) groups excluding carboxylic acids is 2. The Hall–Kier alpha value is -3.07. The van der Waals surface area contributed by atoms with Crippen LogP contribution in [0.15, 0.2) is 48.5 Å². The smallest absolute Gasteiger partial charge is 0.242 e. The summed E-state index contributed by atoms with van der Waals surface area (Å²) in [5.41, 5.74) is 1.90. The molecule has 2 aromatic carbocycles. The first-order valence-corrected chi connectivity index (χ1v) is 13.8. The Morgan fingerprint density at radius 1 is 1.08 bits per heavy atom. The fourth-order valence-corrected chi connectivity index (χ4v) is 4.77. The van der Waals surface area contributed by atoms with Crippen molar-refractivity contribution in [2.75, 3.05) is 24.2 Å². The molecule has 2 amide bonds. The third kappa shape index (κ3) is 8.86. The summed E-state index contributed by atoms with van der Waals surface area (Å²) in [5, 5.41) is 2.94. The first kappa shape index (κ1) is 29.2. The highest BCUT2D eigenvalue weighted by Gasteiger charge is 2.28. The van der Waals surface area contributed by atoms with E-state index in [1.165, 1.54) is 9.21 Å². The second-order valence-electron chi connectivity index (χ2n) is 10.1. The van der Waals surface area contributed by atoms with E-state index in [4.69, 9.17) is 4.74 Å². The largest absolute Gasteiger partial charge is 0.497 e. The average molecular weight is 518 g/mol. The van der Waals surface area contributed by atoms with Gasteiger partial charge in [-0.1, -0.05) is 24.3 Å². The molecule has 9 heteroatoms. The van der Waals surface area contributed by atoms with Gasteiger partial charge in [0.05, 0.1) is 19.1 Å². The quantitative estimate of drug-likeness (QED) is 0.488. The molecule has 0 saturated carbocycles. The molecule has 0 saturated heterocycles. The van der Waals surface area contributed by atoms with Crippen molar-refractivity contribution in [2.45, 2.75) is 65.6 Å². The van der Waals surface area contributed by atoms with Crippen LogP contribution in [0.4, 0.5) is 5.69 Å². The van der Waals surface area contributed by atoms with Gasteiger partial charge in [0.15, 0.2) is 0 Å². The zero-order valence-corrected chi connectivity index (χ0v) is 23.2. The van der Waals surface area contributed by atoms with E-state index in [9.17, 15) is 18.0 Å². The Balaban J connectivity index is 2.21. The number of hydrogen-bond acceptors (Lipinski definition) is 5. The number of carbonyl (C=O) groups is 2. The van der Waals surface area contributed by atoms with E-state index >= 15 is 0 Å². The standard InChI is InChI=1S/C27H39N3O5S/c1-20-11-8-13-23(17-20)30(36(7,33)34)16-10-15-25(31)29(21(2)26(32)28-27(3,4)5)19-22-12-9-14-24(18-22)35-6/h8-9,11-14,17-18,21H,10,15-16,19H2,1-7H3,(H,28,32)/t21-/m1/s1. The third-order valence-electron chi connectivity index (χ3n) is 5.59. The number of benzene rings is 2. The van der Waals surface area contributed by atoms with E-state index in [1.807, 2.05) is 58.0 Å². The predicted molar refractivity (Wildman–Crippen MR) is 144 cm³/mol. The molecule has 1 atom stereocenters. The van der Waals surface area contributed by atoms with Gasteiger partial charge in [-0.15, -0.1) is 0 Å². The van der Waals surface area contributed by atoms with Gasteiger partial charge in [0.2, 0.25) is 21.8 Å². The van der Waals surface area contributed by atoms with Crippen LogP contribution >= 0.6 is 0 Å². The molecule has 0 fully saturated rings. The second-order valence-corrected chi connectivity index (χ2v) is 12.0. The Labute approximate surface area is 215 Å². The van der Waals surface area contributed by atoms with Crippen LogP contribution in [0.1, 0.15) is 51.7 Å². The molecule has 0 aromatic heterocycles. The van der Waals surface area contributed by atoms with E-state index in [0.29, 0.717) is 17.9 Å². The highest BCUT2D eigenvalue weighted by molar-refractivity contribution is 7.92. The molecule has 0 aliphatic rings. The molecule has 0 unspecified atom stereocenters. The van der Waals surface area contributed by atoms with Crippen molar-refractivity contribution in [3.63, 3.8) is 0 Å². The molecule has 2 aromatic rings. The molecule has 1 N–H and O–H groups in total. The van der Waals surface area contributed by atoms with Gasteiger partial charge >= 0.3 is 0 Å². The minimum Gasteiger partial charge on any atom is -0.497 e. The third-order valence-corrected chi connectivity index (χ3v) is 6.79. The van der Waals surface area contributed by atoms with Crippen molar-refractivity contribution in [1.29, 1.82) is 0 Å². The van der Waals surface area contributed by atoms with Crippen molar-refractivity contribution in [2.24, 2.45) is 0 Å². The van der Waals surface area contributed by atoms with E-state index in [0.717, 1.165) is 17.4 Å². The molecule has 198 valence electrons. The summed E-state index contributed by atoms with van der Waals surface area (Å²) >= 11 is 0. The number of methoxy groups -OCH3 is 1. The van der Waals surface area contributed by atoms with Crippen LogP contribution in [0, 0.1) is 6.92 Å². The molecular formula is C27H39N3O5S. The fourth-order valence-electron chi connectivity index (χ4n) is 3.81. The summed E-state index contributed by atoms with van der Waals surface area (Å²) in [6.07, 6.45) is 1.56. The Bertz CT molecular complexity index is 1160. The Morgan fingerprint density at radius 2 is 1.75 bits per heavy atom. The number of rotatable bonds is 11. The van der Waals surface area contributed by atoms with Crippen LogP contribution in [0.25, 0.3) is 0 Å². The number of hydrogen-bond donors (Lipinski definition) is 1. The van der Waals surface area contributed by atoms with E-state index < -0.39 is 21.6 Å². The minimum absolute atomic E-state index is 0.0922. The van der Waals surface area contributed by atoms with E-state index in [1.54, 1.807) is 32.2 Å². The first-order chi connectivity index (χ1) is 16.7. The number of amides is 2. The summed E-state index contributed by atoms with van der Waals surface area (Å²) in [6, 6.07) is 13.9. The molecule has 0 spiro atoms. The lowest BCUT2D eigenvalue weighted by Crippen LogP contribution is -2.52. The lowest BCUT2D eigenvalue weighted by Gasteiger charge is -2.32. The molecule has 0 heterocycles. The van der Waals surface area contributed by atoms with Crippen molar-refractivity contribution in [3.8, 4) is 5.75 Å². The normalized spacial score (nSPS) is 12.5. The van der Waals surface area contributed by atoms with Gasteiger partial charge in [0.25, 0.3) is 0 Å². The van der Waals surface area contributed by atoms with Gasteiger partial charge in [-0.3, -0.25) is 13.9 Å². The maximum Gasteiger partial charge on any atom is 0.242 e. The van der Waals surface area contributed by atoms with Crippen LogP contribution in [0.2, 0.25) is 0 Å². The summed E-state index contributed by atoms with van der Waals surface area (Å²) in [5.74, 6) is 0.178. The van der Waals surface area contributed by atoms with Crippen molar-refractivity contribution < 1.29 is 22.7 Å². The van der Waals surface area contributed by atoms with Crippen LogP contribution in [-0.2, 0) is 26.2 Å². The Kier molecular flexibility index (Phi) is 9.93. The molecule has 0 bridgehead atoms. The number of ether oxygens (including phenoxy) is 1. The van der Waals surface area contributed by atoms with E-state index in [-0.39, 0.29) is 31.3 Å². The molecule has 36 heavy (non-hydrogen) atoms. The molecule has 0 aliphatic carbocycles. The first-order valence-electron chi connectivity index (χ1n) is 12.0. The number of nitrogens with one attached hydrogen (secondary N) is 1. The fraction of sp³-hybridized carbons (Fsp3) is 0.481. The zero-order chi connectivity index (χ0) is 27.1. The summed E-state index contributed by atoms with van der Waals surface area (Å²) in [4.78, 5) is 27.8. The number of anilines is 1. The average Bonchev–Trinajstić information content (AvgIpc) is 2.77. The lowest BCUT2D eigenvalue weighted by molar-refractivity contribution is -0.141. The summed E-state index contributed by atoms with van der Waals surface area (Å²) < 4.78 is 31.5. The highest BCUT2D eigenvalue weighted by atomic mass is 32.2. The van der Waals surface area contributed by atoms with Crippen LogP contribution in [-0.4, -0.2) is 56.6 Å². The van der Waals surface area contributed by atoms with Gasteiger partial charge < -0.3 is 15.0 Å². The van der Waals surface area contributed by atoms with Gasteiger partial charge in [-0.05, 0) is 76.4 Å². The molecular weight excluding hydrogens is 478 g/mol. The summed E-state index contributed by atoms with van der Waals surface area (Å²) in [7, 11) is -1.96. The van der Waals surface area contributed by atoms with Gasteiger partial charge in [0, 0.05) is 25.0 Å². The van der Waals surface area contributed by atoms with Crippen molar-refractivity contribution >= 4 is 27.5 Å². The van der Waals surface area contributed by atoms with Gasteiger partial charge in [-0.25, -0.2) is 8.42 Å². The number of nitrogens with zero attached hydrogens (tertiary/aromatic N) is 2. The molecule has 0 aliphatic heterocycles. The summed E-state index contributed by atoms with van der Waals surface area (Å²) in [6.45, 7) is 9.64. The van der Waals surface area contributed by atoms with Crippen molar-refractivity contribution in [1.82, 2.24) is 10.2 Å². The molecule has 0 radical (unpaired) electrons. The topological polar surface area (TPSA) is 96.0 Å². The van der Waals surface area contributed by atoms with E-state index in [2.05, 4.69) is 5.32 Å². The molecule has 2 rings (SSSR count). The minimum atomic E-state index is -3.53. The van der Waals surface area contributed by atoms with Crippen LogP contribution < -0.4 is 14.4 Å². The second kappa shape index (κ2) is 12.3. The lowest BCUT2D eigenvalue weighted by atomic mass is 10.1. The highest BCUT2D eigenvalue weighted by Crippen LogP contribution is 2.21. The van der Waals surface area contributed by atoms with Crippen molar-refractivity contribution in [3.05, 3.63) is 59.7 Å². The van der Waals surface area contributed by atoms with Gasteiger partial charge in [-0.2, -0.15) is 0 Å². The Morgan fingerprint density at radius 3 is 2.33 bits per heavy atom. The van der Waals surface area contributed by atoms with Crippen LogP contribution in [0.3, 0.4) is 0 Å². The SMILES string of the molecule is COc1cccc(CN(C(=O)CCCN(c2cccc(C)c2)S(C)(=O)=O)[C@H](C)C(=O)NC(C)(C)C)c1. The monoisotopic (exact) mass is 517 g/mol. The van der Waals surface area contributed by atoms with Gasteiger partial charge in [0.1, 0.15) is 11.8 Å². The maximum atomic E-state index is 13.4. The predicted octanol–water partition coefficient (Wildman–Crippen LogP) is 3.88. The zero-order valence-electron chi connectivity index (χ0n) is 22.4. The molecule has 8 nitrogen and oxygen atoms in total.